The minimum absolute atomic E-state index is 0.0652. The van der Waals surface area contributed by atoms with E-state index < -0.39 is 0 Å². The molecule has 0 aromatic heterocycles. The van der Waals surface area contributed by atoms with Crippen LogP contribution in [0.1, 0.15) is 18.9 Å². The summed E-state index contributed by atoms with van der Waals surface area (Å²) in [5, 5.41) is 2.74. The van der Waals surface area contributed by atoms with Gasteiger partial charge in [0.25, 0.3) is 0 Å². The highest BCUT2D eigenvalue weighted by atomic mass is 16.5. The number of carbonyl (C=O) groups is 2. The minimum Gasteiger partial charge on any atom is -0.377 e. The van der Waals surface area contributed by atoms with Gasteiger partial charge in [-0.15, -0.1) is 0 Å². The van der Waals surface area contributed by atoms with Crippen LogP contribution in [0, 0.1) is 0 Å². The summed E-state index contributed by atoms with van der Waals surface area (Å²) in [5.41, 5.74) is 1.46. The van der Waals surface area contributed by atoms with Crippen LogP contribution >= 0.6 is 0 Å². The van der Waals surface area contributed by atoms with Gasteiger partial charge in [0.05, 0.1) is 25.7 Å². The number of ether oxygens (including phenoxy) is 1. The monoisotopic (exact) mass is 302 g/mol. The third kappa shape index (κ3) is 3.95. The summed E-state index contributed by atoms with van der Waals surface area (Å²) in [5.74, 6) is -0.215. The molecule has 1 aliphatic rings. The van der Waals surface area contributed by atoms with E-state index >= 15 is 0 Å². The number of carbonyl (C=O) groups excluding carboxylic acids is 2. The molecule has 0 saturated carbocycles. The Morgan fingerprint density at radius 1 is 1.45 bits per heavy atom. The van der Waals surface area contributed by atoms with E-state index in [-0.39, 0.29) is 24.3 Å². The first-order chi connectivity index (χ1) is 10.7. The van der Waals surface area contributed by atoms with Crippen molar-refractivity contribution in [3.8, 4) is 0 Å². The molecule has 0 aliphatic carbocycles. The van der Waals surface area contributed by atoms with Crippen molar-refractivity contribution in [3.63, 3.8) is 0 Å². The highest BCUT2D eigenvalue weighted by Gasteiger charge is 2.26. The number of benzene rings is 1. The number of amides is 2. The zero-order valence-corrected chi connectivity index (χ0v) is 12.9. The molecule has 2 amide bonds. The lowest BCUT2D eigenvalue weighted by molar-refractivity contribution is -0.139. The molecule has 2 rings (SSSR count). The predicted octanol–water partition coefficient (Wildman–Crippen LogP) is 1.99. The normalized spacial score (nSPS) is 17.9. The number of anilines is 1. The van der Waals surface area contributed by atoms with Gasteiger partial charge in [-0.3, -0.25) is 9.59 Å². The molecule has 0 bridgehead atoms. The van der Waals surface area contributed by atoms with Crippen LogP contribution in [0.2, 0.25) is 0 Å². The van der Waals surface area contributed by atoms with E-state index in [2.05, 4.69) is 18.8 Å². The summed E-state index contributed by atoms with van der Waals surface area (Å²) >= 11 is 0. The third-order valence-electron chi connectivity index (χ3n) is 3.82. The van der Waals surface area contributed by atoms with Crippen molar-refractivity contribution < 1.29 is 14.3 Å². The number of morpholine rings is 1. The fourth-order valence-electron chi connectivity index (χ4n) is 2.57. The number of hydrogen-bond donors (Lipinski definition) is 1. The van der Waals surface area contributed by atoms with Crippen LogP contribution in [0.4, 0.5) is 5.69 Å². The fraction of sp³-hybridized carbons (Fsp3) is 0.412. The van der Waals surface area contributed by atoms with Gasteiger partial charge in [0.15, 0.2) is 0 Å². The summed E-state index contributed by atoms with van der Waals surface area (Å²) in [4.78, 5) is 25.9. The van der Waals surface area contributed by atoms with E-state index in [0.29, 0.717) is 25.4 Å². The second-order valence-electron chi connectivity index (χ2n) is 5.25. The number of nitrogens with one attached hydrogen (secondary N) is 1. The largest absolute Gasteiger partial charge is 0.377 e. The first-order valence-corrected chi connectivity index (χ1v) is 7.54. The van der Waals surface area contributed by atoms with Crippen LogP contribution in [-0.4, -0.2) is 42.5 Å². The van der Waals surface area contributed by atoms with Crippen LogP contribution in [0.15, 0.2) is 36.9 Å². The molecule has 1 N–H and O–H groups in total. The Kier molecular flexibility index (Phi) is 5.72. The van der Waals surface area contributed by atoms with Gasteiger partial charge in [-0.2, -0.15) is 0 Å². The van der Waals surface area contributed by atoms with Crippen molar-refractivity contribution in [3.05, 3.63) is 42.5 Å². The lowest BCUT2D eigenvalue weighted by Gasteiger charge is -2.35. The van der Waals surface area contributed by atoms with E-state index in [1.807, 2.05) is 23.1 Å². The van der Waals surface area contributed by atoms with Crippen LogP contribution in [-0.2, 0) is 20.7 Å². The Hall–Kier alpha value is -2.14. The molecule has 1 aliphatic heterocycles. The Morgan fingerprint density at radius 3 is 2.95 bits per heavy atom. The Morgan fingerprint density at radius 2 is 2.23 bits per heavy atom. The Labute approximate surface area is 130 Å². The topological polar surface area (TPSA) is 58.6 Å². The zero-order valence-electron chi connectivity index (χ0n) is 12.9. The summed E-state index contributed by atoms with van der Waals surface area (Å²) in [6.07, 6.45) is 2.36. The lowest BCUT2D eigenvalue weighted by atomic mass is 10.1. The smallest absolute Gasteiger partial charge is 0.247 e. The molecule has 0 spiro atoms. The molecule has 5 heteroatoms. The zero-order chi connectivity index (χ0) is 15.9. The van der Waals surface area contributed by atoms with Gasteiger partial charge in [0, 0.05) is 12.2 Å². The number of rotatable bonds is 5. The van der Waals surface area contributed by atoms with Gasteiger partial charge in [-0.05, 0) is 24.1 Å². The third-order valence-corrected chi connectivity index (χ3v) is 3.82. The van der Waals surface area contributed by atoms with Crippen molar-refractivity contribution in [1.82, 2.24) is 4.90 Å². The van der Waals surface area contributed by atoms with E-state index in [4.69, 9.17) is 4.74 Å². The molecule has 0 radical (unpaired) electrons. The van der Waals surface area contributed by atoms with E-state index in [0.717, 1.165) is 12.0 Å². The molecule has 1 aromatic rings. The van der Waals surface area contributed by atoms with Crippen LogP contribution in [0.25, 0.3) is 0 Å². The Balaban J connectivity index is 2.10. The van der Waals surface area contributed by atoms with Gasteiger partial charge in [-0.25, -0.2) is 0 Å². The fourth-order valence-corrected chi connectivity index (χ4v) is 2.57. The number of hydrogen-bond acceptors (Lipinski definition) is 3. The lowest BCUT2D eigenvalue weighted by Crippen LogP contribution is -2.49. The summed E-state index contributed by atoms with van der Waals surface area (Å²) in [6, 6.07) is 7.48. The second-order valence-corrected chi connectivity index (χ2v) is 5.25. The molecular weight excluding hydrogens is 280 g/mol. The van der Waals surface area contributed by atoms with Crippen molar-refractivity contribution >= 4 is 17.5 Å². The van der Waals surface area contributed by atoms with Gasteiger partial charge in [0.2, 0.25) is 11.8 Å². The minimum atomic E-state index is -0.280. The highest BCUT2D eigenvalue weighted by molar-refractivity contribution is 5.99. The molecule has 0 unspecified atom stereocenters. The highest BCUT2D eigenvalue weighted by Crippen LogP contribution is 2.19. The summed E-state index contributed by atoms with van der Waals surface area (Å²) < 4.78 is 5.43. The molecule has 1 heterocycles. The van der Waals surface area contributed by atoms with Gasteiger partial charge < -0.3 is 15.0 Å². The van der Waals surface area contributed by atoms with Crippen molar-refractivity contribution in [2.75, 3.05) is 25.1 Å². The SMILES string of the molecule is C=CC(=O)Nc1ccccc1CC(=O)N1CCOC[C@H]1CC. The maximum absolute atomic E-state index is 12.6. The maximum atomic E-state index is 12.6. The quantitative estimate of drug-likeness (QED) is 0.846. The van der Waals surface area contributed by atoms with Crippen LogP contribution in [0.5, 0.6) is 0 Å². The first-order valence-electron chi connectivity index (χ1n) is 7.54. The molecular formula is C17H22N2O3. The predicted molar refractivity (Wildman–Crippen MR) is 85.6 cm³/mol. The number of nitrogens with zero attached hydrogens (tertiary/aromatic N) is 1. The van der Waals surface area contributed by atoms with Crippen molar-refractivity contribution in [2.24, 2.45) is 0 Å². The van der Waals surface area contributed by atoms with E-state index in [1.54, 1.807) is 6.07 Å². The molecule has 5 nitrogen and oxygen atoms in total. The molecule has 1 atom stereocenters. The van der Waals surface area contributed by atoms with Gasteiger partial charge in [-0.1, -0.05) is 31.7 Å². The van der Waals surface area contributed by atoms with Gasteiger partial charge >= 0.3 is 0 Å². The molecule has 22 heavy (non-hydrogen) atoms. The van der Waals surface area contributed by atoms with Crippen LogP contribution < -0.4 is 5.32 Å². The van der Waals surface area contributed by atoms with Gasteiger partial charge in [0.1, 0.15) is 0 Å². The second kappa shape index (κ2) is 7.75. The van der Waals surface area contributed by atoms with Crippen molar-refractivity contribution in [2.45, 2.75) is 25.8 Å². The average Bonchev–Trinajstić information content (AvgIpc) is 2.56. The summed E-state index contributed by atoms with van der Waals surface area (Å²) in [7, 11) is 0. The Bertz CT molecular complexity index is 557. The van der Waals surface area contributed by atoms with Crippen LogP contribution in [0.3, 0.4) is 0 Å². The summed E-state index contributed by atoms with van der Waals surface area (Å²) in [6.45, 7) is 7.29. The molecule has 1 fully saturated rings. The molecule has 1 aromatic carbocycles. The van der Waals surface area contributed by atoms with Crippen molar-refractivity contribution in [1.29, 1.82) is 0 Å². The number of para-hydroxylation sites is 1. The standard InChI is InChI=1S/C17H22N2O3/c1-3-14-12-22-10-9-19(14)17(21)11-13-7-5-6-8-15(13)18-16(20)4-2/h4-8,14H,2-3,9-12H2,1H3,(H,18,20)/t14-/m1/s1. The molecule has 1 saturated heterocycles. The molecule has 118 valence electrons. The maximum Gasteiger partial charge on any atom is 0.247 e. The average molecular weight is 302 g/mol. The van der Waals surface area contributed by atoms with E-state index in [1.165, 1.54) is 6.08 Å². The van der Waals surface area contributed by atoms with E-state index in [9.17, 15) is 9.59 Å². The first kappa shape index (κ1) is 16.2.